The molecule has 0 unspecified atom stereocenters. The van der Waals surface area contributed by atoms with Gasteiger partial charge in [-0.1, -0.05) is 48.3 Å². The maximum Gasteiger partial charge on any atom is 0.232 e. The van der Waals surface area contributed by atoms with Gasteiger partial charge in [-0.3, -0.25) is 14.9 Å². The van der Waals surface area contributed by atoms with Crippen molar-refractivity contribution >= 4 is 41.1 Å². The fourth-order valence-electron chi connectivity index (χ4n) is 3.79. The fourth-order valence-corrected chi connectivity index (χ4v) is 4.67. The standard InChI is InChI=1S/C19H22ClN5O2S/c20-14-7-5-12(6-8-14)11-28-19-22-18(23-24-19)21-17(27)13-9-16(26)25(10-13)15-3-1-2-4-15/h5-8,13,15H,1-4,9-11H2,(H2,21,22,23,24,27)/t13-/m0/s1. The SMILES string of the molecule is O=C(Nc1nc(SCc2ccc(Cl)cc2)n[nH]1)[C@H]1CC(=O)N(C2CCCC2)C1. The molecule has 7 nitrogen and oxygen atoms in total. The number of H-pyrrole nitrogens is 1. The van der Waals surface area contributed by atoms with E-state index in [1.54, 1.807) is 0 Å². The van der Waals surface area contributed by atoms with E-state index in [1.165, 1.54) is 24.6 Å². The first kappa shape index (κ1) is 19.3. The summed E-state index contributed by atoms with van der Waals surface area (Å²) in [5.74, 6) is 0.595. The van der Waals surface area contributed by atoms with E-state index in [-0.39, 0.29) is 24.2 Å². The Morgan fingerprint density at radius 3 is 2.79 bits per heavy atom. The topological polar surface area (TPSA) is 91.0 Å². The lowest BCUT2D eigenvalue weighted by atomic mass is 10.1. The van der Waals surface area contributed by atoms with Crippen molar-refractivity contribution < 1.29 is 9.59 Å². The minimum atomic E-state index is -0.330. The van der Waals surface area contributed by atoms with Gasteiger partial charge in [-0.05, 0) is 30.5 Å². The third-order valence-corrected chi connectivity index (χ3v) is 6.45. The highest BCUT2D eigenvalue weighted by molar-refractivity contribution is 7.98. The summed E-state index contributed by atoms with van der Waals surface area (Å²) >= 11 is 7.36. The van der Waals surface area contributed by atoms with Crippen molar-refractivity contribution in [3.05, 3.63) is 34.9 Å². The highest BCUT2D eigenvalue weighted by Crippen LogP contribution is 2.30. The summed E-state index contributed by atoms with van der Waals surface area (Å²) in [5, 5.41) is 10.9. The van der Waals surface area contributed by atoms with Crippen LogP contribution in [0.5, 0.6) is 0 Å². The molecule has 1 saturated carbocycles. The Hall–Kier alpha value is -2.06. The van der Waals surface area contributed by atoms with E-state index < -0.39 is 0 Å². The Balaban J connectivity index is 1.29. The highest BCUT2D eigenvalue weighted by Gasteiger charge is 2.38. The van der Waals surface area contributed by atoms with Crippen LogP contribution in [-0.2, 0) is 15.3 Å². The normalized spacial score (nSPS) is 20.1. The smallest absolute Gasteiger partial charge is 0.232 e. The third kappa shape index (κ3) is 4.50. The molecule has 1 aromatic heterocycles. The van der Waals surface area contributed by atoms with Crippen LogP contribution in [0.15, 0.2) is 29.4 Å². The summed E-state index contributed by atoms with van der Waals surface area (Å²) in [6.07, 6.45) is 4.71. The summed E-state index contributed by atoms with van der Waals surface area (Å²) in [6.45, 7) is 0.502. The lowest BCUT2D eigenvalue weighted by Gasteiger charge is -2.23. The molecule has 4 rings (SSSR count). The molecule has 2 amide bonds. The zero-order chi connectivity index (χ0) is 19.5. The van der Waals surface area contributed by atoms with E-state index in [0.29, 0.717) is 34.5 Å². The lowest BCUT2D eigenvalue weighted by molar-refractivity contribution is -0.129. The predicted molar refractivity (Wildman–Crippen MR) is 108 cm³/mol. The Morgan fingerprint density at radius 1 is 1.29 bits per heavy atom. The van der Waals surface area contributed by atoms with Crippen molar-refractivity contribution in [2.45, 2.75) is 49.1 Å². The van der Waals surface area contributed by atoms with Crippen LogP contribution in [0.4, 0.5) is 5.95 Å². The van der Waals surface area contributed by atoms with Gasteiger partial charge < -0.3 is 4.90 Å². The number of aromatic amines is 1. The number of anilines is 1. The molecule has 2 aliphatic rings. The molecular weight excluding hydrogens is 398 g/mol. The predicted octanol–water partition coefficient (Wildman–Crippen LogP) is 3.48. The van der Waals surface area contributed by atoms with E-state index in [9.17, 15) is 9.59 Å². The van der Waals surface area contributed by atoms with E-state index in [0.717, 1.165) is 18.4 Å². The number of carbonyl (C=O) groups excluding carboxylic acids is 2. The summed E-state index contributed by atoms with van der Waals surface area (Å²) in [4.78, 5) is 31.0. The Bertz CT molecular complexity index is 850. The van der Waals surface area contributed by atoms with Crippen LogP contribution in [-0.4, -0.2) is 44.5 Å². The van der Waals surface area contributed by atoms with Gasteiger partial charge in [0.2, 0.25) is 22.9 Å². The fraction of sp³-hybridized carbons (Fsp3) is 0.474. The van der Waals surface area contributed by atoms with Crippen LogP contribution in [0.2, 0.25) is 5.02 Å². The number of nitrogens with zero attached hydrogens (tertiary/aromatic N) is 3. The lowest BCUT2D eigenvalue weighted by Crippen LogP contribution is -2.35. The van der Waals surface area contributed by atoms with Crippen molar-refractivity contribution in [1.29, 1.82) is 0 Å². The monoisotopic (exact) mass is 419 g/mol. The van der Waals surface area contributed by atoms with Crippen LogP contribution in [0.3, 0.4) is 0 Å². The summed E-state index contributed by atoms with van der Waals surface area (Å²) < 4.78 is 0. The molecule has 148 valence electrons. The van der Waals surface area contributed by atoms with Gasteiger partial charge in [0.1, 0.15) is 0 Å². The van der Waals surface area contributed by atoms with Gasteiger partial charge in [-0.25, -0.2) is 5.10 Å². The maximum absolute atomic E-state index is 12.5. The van der Waals surface area contributed by atoms with Crippen molar-refractivity contribution in [2.24, 2.45) is 5.92 Å². The first-order valence-corrected chi connectivity index (χ1v) is 10.8. The first-order valence-electron chi connectivity index (χ1n) is 9.48. The number of benzene rings is 1. The van der Waals surface area contributed by atoms with Gasteiger partial charge in [-0.15, -0.1) is 5.10 Å². The zero-order valence-corrected chi connectivity index (χ0v) is 16.9. The average molecular weight is 420 g/mol. The maximum atomic E-state index is 12.5. The van der Waals surface area contributed by atoms with Crippen molar-refractivity contribution in [1.82, 2.24) is 20.1 Å². The molecule has 2 heterocycles. The minimum absolute atomic E-state index is 0.0869. The summed E-state index contributed by atoms with van der Waals surface area (Å²) in [7, 11) is 0. The number of hydrogen-bond donors (Lipinski definition) is 2. The summed E-state index contributed by atoms with van der Waals surface area (Å²) in [6, 6.07) is 7.92. The van der Waals surface area contributed by atoms with E-state index in [1.807, 2.05) is 29.2 Å². The van der Waals surface area contributed by atoms with E-state index in [4.69, 9.17) is 11.6 Å². The van der Waals surface area contributed by atoms with Gasteiger partial charge in [0.05, 0.1) is 5.92 Å². The Kier molecular flexibility index (Phi) is 5.87. The number of aromatic nitrogens is 3. The second-order valence-electron chi connectivity index (χ2n) is 7.26. The first-order chi connectivity index (χ1) is 13.6. The molecular formula is C19H22ClN5O2S. The van der Waals surface area contributed by atoms with Gasteiger partial charge in [0, 0.05) is 29.8 Å². The molecule has 9 heteroatoms. The van der Waals surface area contributed by atoms with Gasteiger partial charge in [0.15, 0.2) is 0 Å². The van der Waals surface area contributed by atoms with Gasteiger partial charge in [-0.2, -0.15) is 4.98 Å². The second-order valence-corrected chi connectivity index (χ2v) is 8.64. The zero-order valence-electron chi connectivity index (χ0n) is 15.4. The van der Waals surface area contributed by atoms with Gasteiger partial charge >= 0.3 is 0 Å². The number of nitrogens with one attached hydrogen (secondary N) is 2. The Morgan fingerprint density at radius 2 is 2.04 bits per heavy atom. The molecule has 2 aromatic rings. The van der Waals surface area contributed by atoms with Crippen molar-refractivity contribution in [3.8, 4) is 0 Å². The largest absolute Gasteiger partial charge is 0.339 e. The number of carbonyl (C=O) groups is 2. The molecule has 1 aliphatic heterocycles. The third-order valence-electron chi connectivity index (χ3n) is 5.28. The van der Waals surface area contributed by atoms with E-state index in [2.05, 4.69) is 20.5 Å². The van der Waals surface area contributed by atoms with Gasteiger partial charge in [0.25, 0.3) is 0 Å². The molecule has 28 heavy (non-hydrogen) atoms. The molecule has 1 aliphatic carbocycles. The number of likely N-dealkylation sites (tertiary alicyclic amines) is 1. The van der Waals surface area contributed by atoms with E-state index >= 15 is 0 Å². The quantitative estimate of drug-likeness (QED) is 0.699. The molecule has 0 bridgehead atoms. The van der Waals surface area contributed by atoms with Crippen LogP contribution in [0.1, 0.15) is 37.7 Å². The number of rotatable bonds is 6. The minimum Gasteiger partial charge on any atom is -0.339 e. The molecule has 0 radical (unpaired) electrons. The molecule has 1 saturated heterocycles. The highest BCUT2D eigenvalue weighted by atomic mass is 35.5. The van der Waals surface area contributed by atoms with Crippen LogP contribution in [0, 0.1) is 5.92 Å². The van der Waals surface area contributed by atoms with Crippen molar-refractivity contribution in [2.75, 3.05) is 11.9 Å². The number of amides is 2. The second kappa shape index (κ2) is 8.53. The van der Waals surface area contributed by atoms with Crippen LogP contribution < -0.4 is 5.32 Å². The number of thioether (sulfide) groups is 1. The number of halogens is 1. The Labute approximate surface area is 172 Å². The average Bonchev–Trinajstić information content (AvgIpc) is 3.42. The molecule has 1 aromatic carbocycles. The molecule has 0 spiro atoms. The molecule has 1 atom stereocenters. The summed E-state index contributed by atoms with van der Waals surface area (Å²) in [5.41, 5.74) is 1.11. The van der Waals surface area contributed by atoms with Crippen molar-refractivity contribution in [3.63, 3.8) is 0 Å². The number of hydrogen-bond acceptors (Lipinski definition) is 5. The van der Waals surface area contributed by atoms with Crippen LogP contribution in [0.25, 0.3) is 0 Å². The molecule has 2 fully saturated rings. The van der Waals surface area contributed by atoms with Crippen LogP contribution >= 0.6 is 23.4 Å². The molecule has 2 N–H and O–H groups in total.